The van der Waals surface area contributed by atoms with Gasteiger partial charge in [-0.05, 0) is 43.4 Å². The molecule has 3 heteroatoms. The highest BCUT2D eigenvalue weighted by Crippen LogP contribution is 2.36. The number of carbonyl (C=O) groups is 1. The van der Waals surface area contributed by atoms with Crippen molar-refractivity contribution in [3.63, 3.8) is 0 Å². The fraction of sp³-hybridized carbons (Fsp3) is 0.533. The first-order chi connectivity index (χ1) is 8.54. The molecule has 0 bridgehead atoms. The third-order valence-corrected chi connectivity index (χ3v) is 4.07. The maximum Gasteiger partial charge on any atom is 0.329 e. The van der Waals surface area contributed by atoms with E-state index in [0.29, 0.717) is 6.42 Å². The Bertz CT molecular complexity index is 444. The molecular formula is C15H21NO2. The molecule has 2 unspecified atom stereocenters. The van der Waals surface area contributed by atoms with Crippen LogP contribution in [0.1, 0.15) is 38.2 Å². The first-order valence-corrected chi connectivity index (χ1v) is 6.63. The number of anilines is 1. The van der Waals surface area contributed by atoms with E-state index in [1.165, 1.54) is 0 Å². The van der Waals surface area contributed by atoms with Crippen molar-refractivity contribution in [3.05, 3.63) is 29.8 Å². The number of benzene rings is 1. The van der Waals surface area contributed by atoms with E-state index in [2.05, 4.69) is 5.32 Å². The predicted molar refractivity (Wildman–Crippen MR) is 72.8 cm³/mol. The third-order valence-electron chi connectivity index (χ3n) is 4.07. The Kier molecular flexibility index (Phi) is 3.60. The van der Waals surface area contributed by atoms with Gasteiger partial charge < -0.3 is 10.4 Å². The van der Waals surface area contributed by atoms with Crippen LogP contribution in [0, 0.1) is 12.8 Å². The second kappa shape index (κ2) is 5.01. The lowest BCUT2D eigenvalue weighted by molar-refractivity contribution is -0.145. The van der Waals surface area contributed by atoms with Crippen LogP contribution >= 0.6 is 0 Å². The van der Waals surface area contributed by atoms with E-state index < -0.39 is 11.5 Å². The van der Waals surface area contributed by atoms with Crippen molar-refractivity contribution in [3.8, 4) is 0 Å². The van der Waals surface area contributed by atoms with Crippen LogP contribution < -0.4 is 5.32 Å². The number of carboxylic acid groups (broad SMARTS) is 1. The maximum atomic E-state index is 11.7. The van der Waals surface area contributed by atoms with E-state index in [-0.39, 0.29) is 5.92 Å². The van der Waals surface area contributed by atoms with E-state index in [1.54, 1.807) is 0 Å². The number of rotatable bonds is 3. The Morgan fingerprint density at radius 3 is 2.83 bits per heavy atom. The fourth-order valence-corrected chi connectivity index (χ4v) is 2.88. The number of hydrogen-bond acceptors (Lipinski definition) is 2. The van der Waals surface area contributed by atoms with Crippen LogP contribution in [0.15, 0.2) is 24.3 Å². The molecule has 18 heavy (non-hydrogen) atoms. The highest BCUT2D eigenvalue weighted by molar-refractivity contribution is 5.83. The Labute approximate surface area is 108 Å². The minimum absolute atomic E-state index is 0.157. The van der Waals surface area contributed by atoms with Crippen molar-refractivity contribution >= 4 is 11.7 Å². The SMILES string of the molecule is Cc1cccc(NC2(C(=O)O)CCCCC2C)c1. The Balaban J connectivity index is 2.28. The van der Waals surface area contributed by atoms with Crippen molar-refractivity contribution in [2.45, 2.75) is 45.1 Å². The quantitative estimate of drug-likeness (QED) is 0.860. The highest BCUT2D eigenvalue weighted by Gasteiger charge is 2.45. The summed E-state index contributed by atoms with van der Waals surface area (Å²) in [4.78, 5) is 11.7. The first-order valence-electron chi connectivity index (χ1n) is 6.63. The summed E-state index contributed by atoms with van der Waals surface area (Å²) >= 11 is 0. The van der Waals surface area contributed by atoms with Gasteiger partial charge in [-0.2, -0.15) is 0 Å². The molecule has 98 valence electrons. The molecule has 1 aliphatic rings. The second-order valence-corrected chi connectivity index (χ2v) is 5.42. The molecule has 0 spiro atoms. The third kappa shape index (κ3) is 2.35. The van der Waals surface area contributed by atoms with E-state index in [1.807, 2.05) is 38.1 Å². The molecule has 0 aromatic heterocycles. The topological polar surface area (TPSA) is 49.3 Å². The number of aliphatic carboxylic acids is 1. The van der Waals surface area contributed by atoms with E-state index in [0.717, 1.165) is 30.5 Å². The lowest BCUT2D eigenvalue weighted by Gasteiger charge is -2.40. The zero-order valence-electron chi connectivity index (χ0n) is 11.1. The Morgan fingerprint density at radius 1 is 1.44 bits per heavy atom. The molecule has 1 aromatic rings. The van der Waals surface area contributed by atoms with E-state index >= 15 is 0 Å². The average molecular weight is 247 g/mol. The van der Waals surface area contributed by atoms with Gasteiger partial charge in [-0.1, -0.05) is 31.9 Å². The van der Waals surface area contributed by atoms with Crippen LogP contribution in [0.25, 0.3) is 0 Å². The van der Waals surface area contributed by atoms with Crippen molar-refractivity contribution in [2.24, 2.45) is 5.92 Å². The molecule has 0 saturated heterocycles. The van der Waals surface area contributed by atoms with Gasteiger partial charge >= 0.3 is 5.97 Å². The summed E-state index contributed by atoms with van der Waals surface area (Å²) in [6.45, 7) is 4.05. The zero-order chi connectivity index (χ0) is 13.2. The van der Waals surface area contributed by atoms with Crippen molar-refractivity contribution in [1.29, 1.82) is 0 Å². The van der Waals surface area contributed by atoms with Gasteiger partial charge in [0.15, 0.2) is 0 Å². The lowest BCUT2D eigenvalue weighted by Crippen LogP contribution is -2.53. The number of aryl methyl sites for hydroxylation is 1. The molecule has 1 aromatic carbocycles. The maximum absolute atomic E-state index is 11.7. The zero-order valence-corrected chi connectivity index (χ0v) is 11.1. The molecule has 1 aliphatic carbocycles. The summed E-state index contributed by atoms with van der Waals surface area (Å²) in [6.07, 6.45) is 3.80. The summed E-state index contributed by atoms with van der Waals surface area (Å²) in [6, 6.07) is 7.93. The molecule has 1 fully saturated rings. The van der Waals surface area contributed by atoms with Gasteiger partial charge in [-0.25, -0.2) is 4.79 Å². The molecule has 0 aliphatic heterocycles. The summed E-state index contributed by atoms with van der Waals surface area (Å²) in [5, 5.41) is 12.9. The van der Waals surface area contributed by atoms with Crippen LogP contribution in [-0.4, -0.2) is 16.6 Å². The number of carboxylic acids is 1. The molecule has 0 heterocycles. The summed E-state index contributed by atoms with van der Waals surface area (Å²) in [7, 11) is 0. The van der Waals surface area contributed by atoms with E-state index in [4.69, 9.17) is 0 Å². The lowest BCUT2D eigenvalue weighted by atomic mass is 9.73. The minimum atomic E-state index is -0.800. The largest absolute Gasteiger partial charge is 0.479 e. The van der Waals surface area contributed by atoms with Gasteiger partial charge in [-0.3, -0.25) is 0 Å². The van der Waals surface area contributed by atoms with E-state index in [9.17, 15) is 9.90 Å². The van der Waals surface area contributed by atoms with Crippen LogP contribution in [0.5, 0.6) is 0 Å². The van der Waals surface area contributed by atoms with Gasteiger partial charge in [0.2, 0.25) is 0 Å². The van der Waals surface area contributed by atoms with Crippen LogP contribution in [0.2, 0.25) is 0 Å². The number of hydrogen-bond donors (Lipinski definition) is 2. The molecule has 0 amide bonds. The minimum Gasteiger partial charge on any atom is -0.479 e. The van der Waals surface area contributed by atoms with Gasteiger partial charge in [0, 0.05) is 5.69 Å². The molecule has 2 N–H and O–H groups in total. The van der Waals surface area contributed by atoms with Gasteiger partial charge in [0.25, 0.3) is 0 Å². The summed E-state index contributed by atoms with van der Waals surface area (Å²) in [5.74, 6) is -0.569. The summed E-state index contributed by atoms with van der Waals surface area (Å²) in [5.41, 5.74) is 1.25. The normalized spacial score (nSPS) is 27.8. The van der Waals surface area contributed by atoms with Gasteiger partial charge in [0.05, 0.1) is 0 Å². The monoisotopic (exact) mass is 247 g/mol. The molecule has 1 saturated carbocycles. The van der Waals surface area contributed by atoms with Crippen molar-refractivity contribution < 1.29 is 9.90 Å². The highest BCUT2D eigenvalue weighted by atomic mass is 16.4. The standard InChI is InChI=1S/C15H21NO2/c1-11-6-5-8-13(10-11)16-15(14(17)18)9-4-3-7-12(15)2/h5-6,8,10,12,16H,3-4,7,9H2,1-2H3,(H,17,18). The first kappa shape index (κ1) is 12.9. The Morgan fingerprint density at radius 2 is 2.22 bits per heavy atom. The fourth-order valence-electron chi connectivity index (χ4n) is 2.88. The van der Waals surface area contributed by atoms with Crippen molar-refractivity contribution in [1.82, 2.24) is 0 Å². The van der Waals surface area contributed by atoms with Crippen molar-refractivity contribution in [2.75, 3.05) is 5.32 Å². The van der Waals surface area contributed by atoms with Crippen LogP contribution in [0.4, 0.5) is 5.69 Å². The second-order valence-electron chi connectivity index (χ2n) is 5.42. The summed E-state index contributed by atoms with van der Waals surface area (Å²) < 4.78 is 0. The molecular weight excluding hydrogens is 226 g/mol. The van der Waals surface area contributed by atoms with Gasteiger partial charge in [-0.15, -0.1) is 0 Å². The van der Waals surface area contributed by atoms with Crippen LogP contribution in [0.3, 0.4) is 0 Å². The average Bonchev–Trinajstić information content (AvgIpc) is 2.32. The Hall–Kier alpha value is -1.51. The molecule has 2 atom stereocenters. The smallest absolute Gasteiger partial charge is 0.329 e. The number of nitrogens with one attached hydrogen (secondary N) is 1. The molecule has 2 rings (SSSR count). The predicted octanol–water partition coefficient (Wildman–Crippen LogP) is 3.44. The van der Waals surface area contributed by atoms with Crippen LogP contribution in [-0.2, 0) is 4.79 Å². The molecule has 3 nitrogen and oxygen atoms in total. The molecule has 0 radical (unpaired) electrons. The van der Waals surface area contributed by atoms with Gasteiger partial charge in [0.1, 0.15) is 5.54 Å².